The lowest BCUT2D eigenvalue weighted by Crippen LogP contribution is -2.62. The minimum absolute atomic E-state index is 0.0742. The monoisotopic (exact) mass is 1910 g/mol. The Hall–Kier alpha value is -13.2. The Balaban J connectivity index is 0.000000288. The van der Waals surface area contributed by atoms with Crippen LogP contribution in [0.4, 0.5) is 34.1 Å². The van der Waals surface area contributed by atoms with Crippen molar-refractivity contribution in [2.24, 2.45) is 38.1 Å². The normalized spacial score (nSPS) is 17.7. The smallest absolute Gasteiger partial charge is 0.311 e. The summed E-state index contributed by atoms with van der Waals surface area (Å²) >= 11 is 0. The summed E-state index contributed by atoms with van der Waals surface area (Å²) in [6, 6.07) is 53.2. The third-order valence-electron chi connectivity index (χ3n) is 27.8. The third-order valence-corrected chi connectivity index (χ3v) is 27.8. The second kappa shape index (κ2) is 44.5. The average molecular weight is 1910 g/mol. The van der Waals surface area contributed by atoms with E-state index >= 15 is 0 Å². The van der Waals surface area contributed by atoms with E-state index in [0.29, 0.717) is 140 Å². The molecule has 6 aliphatic heterocycles. The summed E-state index contributed by atoms with van der Waals surface area (Å²) in [6.45, 7) is 33.4. The van der Waals surface area contributed by atoms with Gasteiger partial charge in [-0.2, -0.15) is 0 Å². The van der Waals surface area contributed by atoms with Gasteiger partial charge in [-0.05, 0) is 236 Å². The van der Waals surface area contributed by atoms with Crippen LogP contribution in [0, 0.1) is 23.2 Å². The van der Waals surface area contributed by atoms with Crippen molar-refractivity contribution in [2.45, 2.75) is 259 Å². The number of anilines is 3. The highest BCUT2D eigenvalue weighted by atomic mass is 16.6. The maximum Gasteiger partial charge on any atom is 0.311 e. The molecule has 27 nitrogen and oxygen atoms in total. The molecule has 6 aliphatic rings. The zero-order valence-electron chi connectivity index (χ0n) is 83.6. The van der Waals surface area contributed by atoms with Crippen LogP contribution in [0.15, 0.2) is 179 Å². The quantitative estimate of drug-likeness (QED) is 0.0148. The predicted molar refractivity (Wildman–Crippen MR) is 541 cm³/mol. The summed E-state index contributed by atoms with van der Waals surface area (Å²) in [5.74, 6) is -0.0240. The molecule has 0 N–H and O–H groups in total. The Bertz CT molecular complexity index is 5920. The van der Waals surface area contributed by atoms with E-state index in [9.17, 15) is 43.2 Å². The van der Waals surface area contributed by atoms with Gasteiger partial charge in [0.05, 0.1) is 100 Å². The number of ether oxygens (including phenoxy) is 12. The van der Waals surface area contributed by atoms with Crippen molar-refractivity contribution in [2.75, 3.05) is 74.5 Å². The number of benzene rings is 9. The largest absolute Gasteiger partial charge is 0.469 e. The van der Waals surface area contributed by atoms with Gasteiger partial charge in [-0.3, -0.25) is 58.1 Å². The molecule has 27 heteroatoms. The SMILES string of the molecule is CCC(CC)(COC(=O)CCCCCOC(=O)CCC(=O)Oc1ccc2ccc3c(c2c1)N=CC1(O3)N(CC(C)C)c2ccccc2C1(C)C)COC(=O)CCCCCOC(=O)CCC(=O)Oc1ccc2ccc3c(c2c1)N=CC1(O3)N(CC(C)C)c2ccccc2C1(C)C.COC(=O)CCCCCOC(=O)CCC(=O)Oc1ccc2ccc3c(c2c1)N=CC1(O3)N(CC(C)C)c2ccccc2C1(C)C. The molecule has 3 spiro atoms. The summed E-state index contributed by atoms with van der Waals surface area (Å²) in [6.07, 6.45) is 12.4. The Morgan fingerprint density at radius 3 is 0.886 bits per heavy atom. The van der Waals surface area contributed by atoms with Gasteiger partial charge in [-0.15, -0.1) is 0 Å². The van der Waals surface area contributed by atoms with Crippen LogP contribution in [0.1, 0.15) is 242 Å². The molecule has 0 saturated carbocycles. The van der Waals surface area contributed by atoms with Crippen LogP contribution in [-0.2, 0) is 87.8 Å². The van der Waals surface area contributed by atoms with E-state index in [2.05, 4.69) is 175 Å². The second-order valence-electron chi connectivity index (χ2n) is 40.1. The van der Waals surface area contributed by atoms with Crippen LogP contribution in [0.5, 0.6) is 34.5 Å². The van der Waals surface area contributed by atoms with Crippen molar-refractivity contribution >= 4 is 139 Å². The van der Waals surface area contributed by atoms with Crippen LogP contribution in [-0.4, -0.2) is 149 Å². The van der Waals surface area contributed by atoms with Crippen LogP contribution >= 0.6 is 0 Å². The summed E-state index contributed by atoms with van der Waals surface area (Å²) in [5, 5.41) is 5.11. The Labute approximate surface area is 820 Å². The van der Waals surface area contributed by atoms with Crippen molar-refractivity contribution in [1.82, 2.24) is 0 Å². The first kappa shape index (κ1) is 103. The molecule has 15 rings (SSSR count). The number of para-hydroxylation sites is 3. The average Bonchev–Trinajstić information content (AvgIpc) is 1.54. The molecule has 0 radical (unpaired) electrons. The molecule has 0 bridgehead atoms. The number of unbranched alkanes of at least 4 members (excludes halogenated alkanes) is 6. The van der Waals surface area contributed by atoms with Gasteiger partial charge in [-0.25, -0.2) is 0 Å². The molecule has 0 aromatic heterocycles. The van der Waals surface area contributed by atoms with E-state index < -0.39 is 69.2 Å². The number of hydrogen-bond donors (Lipinski definition) is 0. The standard InChI is InChI=1S/C77H92N4O14.C36H42N2O7/c1-11-75(12-2,49-90-65(82)27-15-13-21-41-88-67(84)37-39-69(86)92-55-33-29-53-31-35-63-71(57(53)43-55)78-47-76(94-63)73(7,8)59-23-17-19-25-61(59)80(76)45-51(3)4)50-91-66(83)28-16-14-22-42-89-68(85)38-40-70(87)93-56-34-30-54-32-36-64-72(58(54)44-56)79-48-77(95-64)74(9,10)60-24-18-20-26-62(60)81(77)46-52(5)6;1-24(2)22-38-29-12-9-8-11-28(29)35(3,4)36(38)23-37-34-27-21-26(16-14-25(27)15-17-30(34)45-36)44-33(41)19-18-32(40)43-20-10-6-7-13-31(39)42-5/h17-20,23-26,29-36,43-44,47-48,51-52H,11-16,21-22,27-28,37-42,45-46,49-50H2,1-10H3;8-9,11-12,14-17,21,23-24H,6-7,10,13,18-20,22H2,1-5H3. The van der Waals surface area contributed by atoms with E-state index in [4.69, 9.17) is 67.1 Å². The molecule has 6 heterocycles. The van der Waals surface area contributed by atoms with Crippen LogP contribution < -0.4 is 43.1 Å². The highest BCUT2D eigenvalue weighted by Gasteiger charge is 2.63. The van der Waals surface area contributed by atoms with Crippen molar-refractivity contribution in [3.63, 3.8) is 0 Å². The fourth-order valence-corrected chi connectivity index (χ4v) is 19.5. The lowest BCUT2D eigenvalue weighted by molar-refractivity contribution is -0.155. The van der Waals surface area contributed by atoms with Gasteiger partial charge in [0.1, 0.15) is 64.8 Å². The molecular formula is C113H134N6O21. The highest BCUT2D eigenvalue weighted by Crippen LogP contribution is 2.59. The number of aliphatic imine (C=N–C) groups is 3. The van der Waals surface area contributed by atoms with Gasteiger partial charge in [0.2, 0.25) is 17.2 Å². The van der Waals surface area contributed by atoms with Gasteiger partial charge in [0.15, 0.2) is 0 Å². The molecule has 742 valence electrons. The minimum atomic E-state index is -0.845. The fourth-order valence-electron chi connectivity index (χ4n) is 19.5. The highest BCUT2D eigenvalue weighted by molar-refractivity contribution is 6.04. The van der Waals surface area contributed by atoms with E-state index in [-0.39, 0.29) is 108 Å². The number of rotatable bonds is 42. The third kappa shape index (κ3) is 22.5. The zero-order valence-corrected chi connectivity index (χ0v) is 83.6. The van der Waals surface area contributed by atoms with Crippen molar-refractivity contribution in [3.8, 4) is 34.5 Å². The van der Waals surface area contributed by atoms with Crippen molar-refractivity contribution < 1.29 is 100.0 Å². The molecule has 0 aliphatic carbocycles. The molecular weight excluding hydrogens is 1780 g/mol. The van der Waals surface area contributed by atoms with Crippen molar-refractivity contribution in [1.29, 1.82) is 0 Å². The number of nitrogens with zero attached hydrogens (tertiary/aromatic N) is 6. The molecule has 9 aromatic carbocycles. The molecule has 9 aromatic rings. The summed E-state index contributed by atoms with van der Waals surface area (Å²) in [4.78, 5) is 135. The van der Waals surface area contributed by atoms with E-state index in [1.54, 1.807) is 36.4 Å². The van der Waals surface area contributed by atoms with Gasteiger partial charge in [0.25, 0.3) is 0 Å². The zero-order chi connectivity index (χ0) is 99.9. The lowest BCUT2D eigenvalue weighted by Gasteiger charge is -2.46. The van der Waals surface area contributed by atoms with Gasteiger partial charge in [0, 0.05) is 77.5 Å². The topological polar surface area (TPSA) is 311 Å². The minimum Gasteiger partial charge on any atom is -0.469 e. The first-order valence-electron chi connectivity index (χ1n) is 49.6. The number of hydrogen-bond acceptors (Lipinski definition) is 27. The molecule has 0 fully saturated rings. The Morgan fingerprint density at radius 1 is 0.329 bits per heavy atom. The fraction of sp³-hybridized carbons (Fsp3) is 0.469. The van der Waals surface area contributed by atoms with Crippen LogP contribution in [0.3, 0.4) is 0 Å². The van der Waals surface area contributed by atoms with Crippen molar-refractivity contribution in [3.05, 3.63) is 180 Å². The molecule has 3 unspecified atom stereocenters. The maximum atomic E-state index is 13.0. The molecule has 3 atom stereocenters. The lowest BCUT2D eigenvalue weighted by atomic mass is 9.77. The van der Waals surface area contributed by atoms with E-state index in [1.807, 2.05) is 87.1 Å². The molecule has 140 heavy (non-hydrogen) atoms. The second-order valence-corrected chi connectivity index (χ2v) is 40.1. The van der Waals surface area contributed by atoms with Gasteiger partial charge < -0.3 is 71.5 Å². The van der Waals surface area contributed by atoms with Gasteiger partial charge in [-0.1, -0.05) is 146 Å². The Kier molecular flexibility index (Phi) is 32.6. The van der Waals surface area contributed by atoms with Gasteiger partial charge >= 0.3 is 53.7 Å². The Morgan fingerprint density at radius 2 is 0.600 bits per heavy atom. The summed E-state index contributed by atoms with van der Waals surface area (Å²) in [5.41, 5.74) is 4.78. The first-order valence-corrected chi connectivity index (χ1v) is 49.6. The number of fused-ring (bicyclic) bond motifs is 12. The van der Waals surface area contributed by atoms with E-state index in [1.165, 1.54) is 23.8 Å². The van der Waals surface area contributed by atoms with E-state index in [0.717, 1.165) is 75.4 Å². The number of carbonyl (C=O) groups excluding carboxylic acids is 9. The number of carbonyl (C=O) groups is 9. The number of esters is 9. The summed E-state index contributed by atoms with van der Waals surface area (Å²) in [7, 11) is 1.36. The molecule has 0 amide bonds. The van der Waals surface area contributed by atoms with Crippen LogP contribution in [0.2, 0.25) is 0 Å². The summed E-state index contributed by atoms with van der Waals surface area (Å²) < 4.78 is 69.9. The maximum absolute atomic E-state index is 13.0. The number of methoxy groups -OCH3 is 1. The molecule has 0 saturated heterocycles. The predicted octanol–water partition coefficient (Wildman–Crippen LogP) is 22.7. The first-order chi connectivity index (χ1) is 67.1. The van der Waals surface area contributed by atoms with Crippen LogP contribution in [0.25, 0.3) is 32.3 Å².